The number of aromatic nitrogens is 1. The predicted octanol–water partition coefficient (Wildman–Crippen LogP) is 3.49. The third-order valence-electron chi connectivity index (χ3n) is 4.53. The topological polar surface area (TPSA) is 66.3 Å². The van der Waals surface area contributed by atoms with Gasteiger partial charge in [0.2, 0.25) is 0 Å². The van der Waals surface area contributed by atoms with Crippen molar-refractivity contribution < 1.29 is 9.21 Å². The Balaban J connectivity index is 1.75. The molecule has 3 aromatic rings. The van der Waals surface area contributed by atoms with Crippen molar-refractivity contribution in [2.75, 3.05) is 0 Å². The lowest BCUT2D eigenvalue weighted by atomic mass is 10.1. The average molecular weight is 322 g/mol. The van der Waals surface area contributed by atoms with Gasteiger partial charge in [-0.3, -0.25) is 9.59 Å². The van der Waals surface area contributed by atoms with Gasteiger partial charge in [-0.25, -0.2) is 0 Å². The maximum atomic E-state index is 13.1. The molecule has 1 aliphatic rings. The van der Waals surface area contributed by atoms with Crippen molar-refractivity contribution in [2.45, 2.75) is 31.8 Å². The normalized spacial score (nSPS) is 15.4. The number of fused-ring (bicyclic) bond motifs is 1. The Morgan fingerprint density at radius 1 is 1.25 bits per heavy atom. The van der Waals surface area contributed by atoms with Crippen LogP contribution < -0.4 is 5.56 Å². The van der Waals surface area contributed by atoms with E-state index in [1.54, 1.807) is 17.2 Å². The summed E-state index contributed by atoms with van der Waals surface area (Å²) in [6.45, 7) is 1.93. The minimum atomic E-state index is -0.351. The van der Waals surface area contributed by atoms with Gasteiger partial charge in [0, 0.05) is 11.6 Å². The first-order valence-corrected chi connectivity index (χ1v) is 8.13. The van der Waals surface area contributed by atoms with E-state index < -0.39 is 0 Å². The van der Waals surface area contributed by atoms with E-state index in [1.165, 1.54) is 0 Å². The van der Waals surface area contributed by atoms with E-state index in [0.29, 0.717) is 0 Å². The van der Waals surface area contributed by atoms with Gasteiger partial charge < -0.3 is 14.3 Å². The SMILES string of the molecule is C[C@H](c1ccco1)N(C(=O)c1cc2ccccc2[nH]c1=O)C1CC1. The third-order valence-corrected chi connectivity index (χ3v) is 4.53. The number of hydrogen-bond donors (Lipinski definition) is 1. The number of aromatic amines is 1. The minimum absolute atomic E-state index is 0.170. The van der Waals surface area contributed by atoms with Crippen LogP contribution in [0.25, 0.3) is 10.9 Å². The van der Waals surface area contributed by atoms with Crippen LogP contribution in [0, 0.1) is 0 Å². The molecule has 1 fully saturated rings. The van der Waals surface area contributed by atoms with Crippen LogP contribution in [0.15, 0.2) is 57.9 Å². The first kappa shape index (κ1) is 14.8. The first-order valence-electron chi connectivity index (χ1n) is 8.13. The Morgan fingerprint density at radius 3 is 2.75 bits per heavy atom. The fourth-order valence-electron chi connectivity index (χ4n) is 3.12. The van der Waals surface area contributed by atoms with E-state index in [-0.39, 0.29) is 29.1 Å². The van der Waals surface area contributed by atoms with Crippen molar-refractivity contribution in [1.82, 2.24) is 9.88 Å². The monoisotopic (exact) mass is 322 g/mol. The third kappa shape index (κ3) is 2.52. The van der Waals surface area contributed by atoms with Gasteiger partial charge in [-0.05, 0) is 49.4 Å². The van der Waals surface area contributed by atoms with Crippen LogP contribution in [-0.4, -0.2) is 21.8 Å². The number of carbonyl (C=O) groups is 1. The second-order valence-corrected chi connectivity index (χ2v) is 6.23. The van der Waals surface area contributed by atoms with Gasteiger partial charge in [-0.15, -0.1) is 0 Å². The molecule has 5 heteroatoms. The molecule has 0 unspecified atom stereocenters. The van der Waals surface area contributed by atoms with E-state index in [9.17, 15) is 9.59 Å². The summed E-state index contributed by atoms with van der Waals surface area (Å²) in [6.07, 6.45) is 3.52. The predicted molar refractivity (Wildman–Crippen MR) is 90.9 cm³/mol. The fraction of sp³-hybridized carbons (Fsp3) is 0.263. The average Bonchev–Trinajstić information content (AvgIpc) is 3.25. The summed E-state index contributed by atoms with van der Waals surface area (Å²) in [7, 11) is 0. The molecule has 24 heavy (non-hydrogen) atoms. The lowest BCUT2D eigenvalue weighted by molar-refractivity contribution is 0.0651. The number of nitrogens with one attached hydrogen (secondary N) is 1. The molecule has 1 aromatic carbocycles. The van der Waals surface area contributed by atoms with Gasteiger partial charge in [-0.2, -0.15) is 0 Å². The number of para-hydroxylation sites is 1. The van der Waals surface area contributed by atoms with Crippen LogP contribution in [0.5, 0.6) is 0 Å². The molecule has 2 aromatic heterocycles. The van der Waals surface area contributed by atoms with Gasteiger partial charge in [0.1, 0.15) is 11.3 Å². The zero-order chi connectivity index (χ0) is 16.7. The number of pyridine rings is 1. The molecule has 2 heterocycles. The highest BCUT2D eigenvalue weighted by molar-refractivity contribution is 5.97. The Morgan fingerprint density at radius 2 is 2.04 bits per heavy atom. The van der Waals surface area contributed by atoms with Crippen LogP contribution in [0.2, 0.25) is 0 Å². The molecule has 4 rings (SSSR count). The van der Waals surface area contributed by atoms with E-state index >= 15 is 0 Å². The molecule has 0 radical (unpaired) electrons. The first-order chi connectivity index (χ1) is 11.6. The molecule has 1 amide bonds. The number of nitrogens with zero attached hydrogens (tertiary/aromatic N) is 1. The Labute approximate surface area is 138 Å². The zero-order valence-corrected chi connectivity index (χ0v) is 13.4. The molecule has 1 atom stereocenters. The van der Waals surface area contributed by atoms with Crippen molar-refractivity contribution in [3.63, 3.8) is 0 Å². The lowest BCUT2D eigenvalue weighted by Gasteiger charge is -2.28. The van der Waals surface area contributed by atoms with Crippen molar-refractivity contribution in [2.24, 2.45) is 0 Å². The van der Waals surface area contributed by atoms with Gasteiger partial charge in [0.25, 0.3) is 11.5 Å². The molecule has 5 nitrogen and oxygen atoms in total. The molecule has 1 aliphatic carbocycles. The highest BCUT2D eigenvalue weighted by Gasteiger charge is 2.38. The van der Waals surface area contributed by atoms with Gasteiger partial charge in [0.05, 0.1) is 12.3 Å². The van der Waals surface area contributed by atoms with E-state index in [1.807, 2.05) is 43.3 Å². The lowest BCUT2D eigenvalue weighted by Crippen LogP contribution is -2.38. The van der Waals surface area contributed by atoms with Crippen LogP contribution >= 0.6 is 0 Å². The molecular weight excluding hydrogens is 304 g/mol. The summed E-state index contributed by atoms with van der Waals surface area (Å²) in [4.78, 5) is 30.1. The number of carbonyl (C=O) groups excluding carboxylic acids is 1. The Bertz CT molecular complexity index is 939. The minimum Gasteiger partial charge on any atom is -0.467 e. The summed E-state index contributed by atoms with van der Waals surface area (Å²) < 4.78 is 5.46. The smallest absolute Gasteiger partial charge is 0.261 e. The Hall–Kier alpha value is -2.82. The summed E-state index contributed by atoms with van der Waals surface area (Å²) in [5.41, 5.74) is 0.561. The number of hydrogen-bond acceptors (Lipinski definition) is 3. The van der Waals surface area contributed by atoms with E-state index in [0.717, 1.165) is 29.5 Å². The molecule has 0 spiro atoms. The molecular formula is C19H18N2O3. The van der Waals surface area contributed by atoms with Crippen molar-refractivity contribution in [3.8, 4) is 0 Å². The number of rotatable bonds is 4. The van der Waals surface area contributed by atoms with Gasteiger partial charge in [0.15, 0.2) is 0 Å². The molecule has 1 saturated carbocycles. The highest BCUT2D eigenvalue weighted by atomic mass is 16.3. The van der Waals surface area contributed by atoms with Gasteiger partial charge >= 0.3 is 0 Å². The number of amides is 1. The molecule has 0 bridgehead atoms. The molecule has 0 saturated heterocycles. The maximum Gasteiger partial charge on any atom is 0.261 e. The van der Waals surface area contributed by atoms with E-state index in [4.69, 9.17) is 4.42 Å². The van der Waals surface area contributed by atoms with Crippen LogP contribution in [-0.2, 0) is 0 Å². The Kier molecular flexibility index (Phi) is 3.49. The second kappa shape index (κ2) is 5.67. The highest BCUT2D eigenvalue weighted by Crippen LogP contribution is 2.35. The zero-order valence-electron chi connectivity index (χ0n) is 13.4. The summed E-state index contributed by atoms with van der Waals surface area (Å²) in [6, 6.07) is 12.8. The molecule has 1 N–H and O–H groups in total. The number of benzene rings is 1. The fourth-order valence-corrected chi connectivity index (χ4v) is 3.12. The van der Waals surface area contributed by atoms with Gasteiger partial charge in [-0.1, -0.05) is 18.2 Å². The molecule has 0 aliphatic heterocycles. The van der Waals surface area contributed by atoms with Crippen molar-refractivity contribution in [3.05, 3.63) is 70.4 Å². The number of H-pyrrole nitrogens is 1. The maximum absolute atomic E-state index is 13.1. The van der Waals surface area contributed by atoms with Crippen LogP contribution in [0.3, 0.4) is 0 Å². The van der Waals surface area contributed by atoms with Crippen molar-refractivity contribution in [1.29, 1.82) is 0 Å². The summed E-state index contributed by atoms with van der Waals surface area (Å²) in [5.74, 6) is 0.487. The quantitative estimate of drug-likeness (QED) is 0.799. The summed E-state index contributed by atoms with van der Waals surface area (Å²) in [5, 5.41) is 0.849. The standard InChI is InChI=1S/C19H18N2O3/c1-12(17-7-4-10-24-17)21(14-8-9-14)19(23)15-11-13-5-2-3-6-16(13)20-18(15)22/h2-7,10-12,14H,8-9H2,1H3,(H,20,22)/t12-/m1/s1. The molecule has 122 valence electrons. The van der Waals surface area contributed by atoms with Crippen LogP contribution in [0.4, 0.5) is 0 Å². The van der Waals surface area contributed by atoms with Crippen molar-refractivity contribution >= 4 is 16.8 Å². The largest absolute Gasteiger partial charge is 0.467 e. The summed E-state index contributed by atoms with van der Waals surface area (Å²) >= 11 is 0. The number of furan rings is 1. The van der Waals surface area contributed by atoms with Crippen LogP contribution in [0.1, 0.15) is 41.9 Å². The second-order valence-electron chi connectivity index (χ2n) is 6.23. The van der Waals surface area contributed by atoms with E-state index in [2.05, 4.69) is 4.98 Å².